The molecule has 1 heterocycles. The van der Waals surface area contributed by atoms with Gasteiger partial charge in [-0.2, -0.15) is 0 Å². The molecule has 0 aliphatic carbocycles. The highest BCUT2D eigenvalue weighted by Crippen LogP contribution is 2.09. The van der Waals surface area contributed by atoms with Crippen molar-refractivity contribution in [2.75, 3.05) is 19.7 Å². The molecule has 0 spiro atoms. The molecule has 1 aliphatic rings. The number of carbonyl (C=O) groups is 1. The van der Waals surface area contributed by atoms with E-state index < -0.39 is 0 Å². The van der Waals surface area contributed by atoms with Crippen LogP contribution in [0.4, 0.5) is 0 Å². The molecule has 0 radical (unpaired) electrons. The number of amides is 1. The Morgan fingerprint density at radius 2 is 2.21 bits per heavy atom. The van der Waals surface area contributed by atoms with Crippen molar-refractivity contribution >= 4 is 5.91 Å². The summed E-state index contributed by atoms with van der Waals surface area (Å²) in [7, 11) is 0. The van der Waals surface area contributed by atoms with Crippen LogP contribution in [0.15, 0.2) is 30.3 Å². The van der Waals surface area contributed by atoms with Crippen LogP contribution < -0.4 is 15.4 Å². The van der Waals surface area contributed by atoms with E-state index in [0.29, 0.717) is 19.1 Å². The minimum atomic E-state index is 0.0638. The molecule has 104 valence electrons. The molecule has 19 heavy (non-hydrogen) atoms. The standard InChI is InChI=1S/C15H22N2O2/c18-15(17-11-8-13-5-4-10-16-13)9-12-19-14-6-2-1-3-7-14/h1-3,6-7,13,16H,4-5,8-12H2,(H,17,18)/t13-/m1/s1. The van der Waals surface area contributed by atoms with Gasteiger partial charge in [0.1, 0.15) is 5.75 Å². The smallest absolute Gasteiger partial charge is 0.223 e. The Bertz CT molecular complexity index is 375. The van der Waals surface area contributed by atoms with Gasteiger partial charge in [0.2, 0.25) is 5.91 Å². The molecule has 0 aromatic heterocycles. The zero-order valence-corrected chi connectivity index (χ0v) is 11.2. The molecule has 1 aromatic carbocycles. The zero-order valence-electron chi connectivity index (χ0n) is 11.2. The number of ether oxygens (including phenoxy) is 1. The molecule has 2 rings (SSSR count). The number of hydrogen-bond donors (Lipinski definition) is 2. The molecule has 4 heteroatoms. The van der Waals surface area contributed by atoms with Gasteiger partial charge in [0.15, 0.2) is 0 Å². The lowest BCUT2D eigenvalue weighted by Crippen LogP contribution is -2.31. The first-order chi connectivity index (χ1) is 9.34. The monoisotopic (exact) mass is 262 g/mol. The van der Waals surface area contributed by atoms with Gasteiger partial charge in [-0.3, -0.25) is 4.79 Å². The number of rotatable bonds is 7. The summed E-state index contributed by atoms with van der Waals surface area (Å²) >= 11 is 0. The van der Waals surface area contributed by atoms with Gasteiger partial charge < -0.3 is 15.4 Å². The molecule has 1 aromatic rings. The fourth-order valence-electron chi connectivity index (χ4n) is 2.26. The van der Waals surface area contributed by atoms with Crippen LogP contribution >= 0.6 is 0 Å². The van der Waals surface area contributed by atoms with Crippen molar-refractivity contribution in [1.82, 2.24) is 10.6 Å². The third-order valence-electron chi connectivity index (χ3n) is 3.32. The summed E-state index contributed by atoms with van der Waals surface area (Å²) in [4.78, 5) is 11.6. The molecule has 1 amide bonds. The lowest BCUT2D eigenvalue weighted by atomic mass is 10.1. The van der Waals surface area contributed by atoms with E-state index in [1.807, 2.05) is 30.3 Å². The van der Waals surface area contributed by atoms with Gasteiger partial charge in [0.25, 0.3) is 0 Å². The van der Waals surface area contributed by atoms with Crippen LogP contribution in [0.3, 0.4) is 0 Å². The average Bonchev–Trinajstić information content (AvgIpc) is 2.93. The number of para-hydroxylation sites is 1. The van der Waals surface area contributed by atoms with Crippen LogP contribution in [0.1, 0.15) is 25.7 Å². The molecule has 4 nitrogen and oxygen atoms in total. The summed E-state index contributed by atoms with van der Waals surface area (Å²) in [6, 6.07) is 10.2. The van der Waals surface area contributed by atoms with Gasteiger partial charge in [-0.15, -0.1) is 0 Å². The Morgan fingerprint density at radius 1 is 1.37 bits per heavy atom. The SMILES string of the molecule is O=C(CCOc1ccccc1)NCC[C@H]1CCCN1. The molecular weight excluding hydrogens is 240 g/mol. The molecule has 0 saturated carbocycles. The van der Waals surface area contributed by atoms with Crippen LogP contribution in [0.25, 0.3) is 0 Å². The lowest BCUT2D eigenvalue weighted by molar-refractivity contribution is -0.121. The summed E-state index contributed by atoms with van der Waals surface area (Å²) in [5, 5.41) is 6.36. The quantitative estimate of drug-likeness (QED) is 0.786. The first-order valence-electron chi connectivity index (χ1n) is 7.02. The Morgan fingerprint density at radius 3 is 2.95 bits per heavy atom. The number of nitrogens with one attached hydrogen (secondary N) is 2. The van der Waals surface area contributed by atoms with Crippen LogP contribution in [-0.2, 0) is 4.79 Å². The van der Waals surface area contributed by atoms with Crippen molar-refractivity contribution in [3.8, 4) is 5.75 Å². The summed E-state index contributed by atoms with van der Waals surface area (Å²) in [5.74, 6) is 0.874. The highest BCUT2D eigenvalue weighted by Gasteiger charge is 2.13. The number of hydrogen-bond acceptors (Lipinski definition) is 3. The summed E-state index contributed by atoms with van der Waals surface area (Å²) in [6.07, 6.45) is 3.91. The maximum atomic E-state index is 11.6. The normalized spacial score (nSPS) is 18.2. The maximum absolute atomic E-state index is 11.6. The second kappa shape index (κ2) is 7.79. The first-order valence-corrected chi connectivity index (χ1v) is 7.02. The van der Waals surface area contributed by atoms with Gasteiger partial charge in [-0.05, 0) is 37.9 Å². The molecular formula is C15H22N2O2. The molecule has 1 fully saturated rings. The predicted octanol–water partition coefficient (Wildman–Crippen LogP) is 1.71. The third-order valence-corrected chi connectivity index (χ3v) is 3.32. The van der Waals surface area contributed by atoms with Crippen molar-refractivity contribution in [2.24, 2.45) is 0 Å². The maximum Gasteiger partial charge on any atom is 0.223 e. The molecule has 0 bridgehead atoms. The van der Waals surface area contributed by atoms with E-state index in [0.717, 1.165) is 25.3 Å². The van der Waals surface area contributed by atoms with Gasteiger partial charge in [-0.1, -0.05) is 18.2 Å². The summed E-state index contributed by atoms with van der Waals surface area (Å²) in [6.45, 7) is 2.29. The fourth-order valence-corrected chi connectivity index (χ4v) is 2.26. The van der Waals surface area contributed by atoms with E-state index in [-0.39, 0.29) is 5.91 Å². The zero-order chi connectivity index (χ0) is 13.3. The Labute approximate surface area is 114 Å². The summed E-state index contributed by atoms with van der Waals surface area (Å²) in [5.41, 5.74) is 0. The van der Waals surface area contributed by atoms with E-state index in [1.54, 1.807) is 0 Å². The average molecular weight is 262 g/mol. The van der Waals surface area contributed by atoms with Crippen molar-refractivity contribution in [2.45, 2.75) is 31.7 Å². The second-order valence-corrected chi connectivity index (χ2v) is 4.84. The predicted molar refractivity (Wildman–Crippen MR) is 75.2 cm³/mol. The van der Waals surface area contributed by atoms with Crippen LogP contribution in [0, 0.1) is 0 Å². The van der Waals surface area contributed by atoms with E-state index in [2.05, 4.69) is 10.6 Å². The van der Waals surface area contributed by atoms with Gasteiger partial charge in [0, 0.05) is 12.6 Å². The number of benzene rings is 1. The first kappa shape index (κ1) is 13.9. The van der Waals surface area contributed by atoms with Crippen molar-refractivity contribution in [1.29, 1.82) is 0 Å². The largest absolute Gasteiger partial charge is 0.493 e. The van der Waals surface area contributed by atoms with E-state index in [9.17, 15) is 4.79 Å². The van der Waals surface area contributed by atoms with Crippen molar-refractivity contribution in [3.05, 3.63) is 30.3 Å². The minimum Gasteiger partial charge on any atom is -0.493 e. The van der Waals surface area contributed by atoms with Gasteiger partial charge >= 0.3 is 0 Å². The van der Waals surface area contributed by atoms with Crippen molar-refractivity contribution in [3.63, 3.8) is 0 Å². The molecule has 1 saturated heterocycles. The van der Waals surface area contributed by atoms with Gasteiger partial charge in [-0.25, -0.2) is 0 Å². The van der Waals surface area contributed by atoms with E-state index in [1.165, 1.54) is 12.8 Å². The molecule has 2 N–H and O–H groups in total. The second-order valence-electron chi connectivity index (χ2n) is 4.84. The van der Waals surface area contributed by atoms with Crippen LogP contribution in [-0.4, -0.2) is 31.6 Å². The lowest BCUT2D eigenvalue weighted by Gasteiger charge is -2.11. The molecule has 0 unspecified atom stereocenters. The van der Waals surface area contributed by atoms with Gasteiger partial charge in [0.05, 0.1) is 13.0 Å². The Balaban J connectivity index is 1.52. The number of carbonyl (C=O) groups excluding carboxylic acids is 1. The van der Waals surface area contributed by atoms with Crippen LogP contribution in [0.5, 0.6) is 5.75 Å². The Kier molecular flexibility index (Phi) is 5.69. The van der Waals surface area contributed by atoms with E-state index >= 15 is 0 Å². The molecule has 1 atom stereocenters. The highest BCUT2D eigenvalue weighted by molar-refractivity contribution is 5.75. The van der Waals surface area contributed by atoms with Crippen molar-refractivity contribution < 1.29 is 9.53 Å². The van der Waals surface area contributed by atoms with Crippen LogP contribution in [0.2, 0.25) is 0 Å². The molecule has 1 aliphatic heterocycles. The highest BCUT2D eigenvalue weighted by atomic mass is 16.5. The summed E-state index contributed by atoms with van der Waals surface area (Å²) < 4.78 is 5.48. The van der Waals surface area contributed by atoms with E-state index in [4.69, 9.17) is 4.74 Å². The topological polar surface area (TPSA) is 50.4 Å². The fraction of sp³-hybridized carbons (Fsp3) is 0.533. The Hall–Kier alpha value is -1.55. The third kappa shape index (κ3) is 5.30. The minimum absolute atomic E-state index is 0.0638.